The maximum absolute atomic E-state index is 12.3. The fourth-order valence-electron chi connectivity index (χ4n) is 1.77. The average molecular weight is 324 g/mol. The van der Waals surface area contributed by atoms with Gasteiger partial charge in [0.05, 0.1) is 12.8 Å². The number of ether oxygens (including phenoxy) is 1. The molecule has 0 bridgehead atoms. The molecule has 112 valence electrons. The van der Waals surface area contributed by atoms with Crippen LogP contribution in [-0.2, 0) is 10.0 Å². The zero-order valence-corrected chi connectivity index (χ0v) is 13.3. The van der Waals surface area contributed by atoms with Crippen LogP contribution in [0.25, 0.3) is 0 Å². The van der Waals surface area contributed by atoms with Gasteiger partial charge in [-0.05, 0) is 42.7 Å². The molecule has 3 N–H and O–H groups in total. The highest BCUT2D eigenvalue weighted by molar-refractivity contribution is 7.98. The minimum atomic E-state index is -3.73. The van der Waals surface area contributed by atoms with E-state index in [-0.39, 0.29) is 10.6 Å². The monoisotopic (exact) mass is 324 g/mol. The van der Waals surface area contributed by atoms with Gasteiger partial charge in [-0.1, -0.05) is 0 Å². The van der Waals surface area contributed by atoms with Crippen molar-refractivity contribution >= 4 is 33.2 Å². The van der Waals surface area contributed by atoms with Crippen molar-refractivity contribution in [1.82, 2.24) is 0 Å². The van der Waals surface area contributed by atoms with Crippen LogP contribution in [0.4, 0.5) is 11.4 Å². The van der Waals surface area contributed by atoms with Gasteiger partial charge in [-0.25, -0.2) is 8.42 Å². The van der Waals surface area contributed by atoms with Crippen molar-refractivity contribution < 1.29 is 13.2 Å². The normalized spacial score (nSPS) is 11.1. The number of sulfonamides is 1. The quantitative estimate of drug-likeness (QED) is 0.653. The lowest BCUT2D eigenvalue weighted by Gasteiger charge is -2.11. The SMILES string of the molecule is COc1ccc(S(=O)(=O)Nc2ccc(SC)cc2)c(N)c1. The topological polar surface area (TPSA) is 81.4 Å². The second kappa shape index (κ2) is 6.28. The van der Waals surface area contributed by atoms with Crippen molar-refractivity contribution in [2.24, 2.45) is 0 Å². The average Bonchev–Trinajstić information content (AvgIpc) is 2.47. The van der Waals surface area contributed by atoms with Crippen molar-refractivity contribution in [3.8, 4) is 5.75 Å². The zero-order chi connectivity index (χ0) is 15.5. The fourth-order valence-corrected chi connectivity index (χ4v) is 3.35. The molecule has 0 unspecified atom stereocenters. The van der Waals surface area contributed by atoms with Crippen LogP contribution in [0.2, 0.25) is 0 Å². The first-order chi connectivity index (χ1) is 9.96. The van der Waals surface area contributed by atoms with E-state index in [2.05, 4.69) is 4.72 Å². The number of benzene rings is 2. The number of rotatable bonds is 5. The number of anilines is 2. The van der Waals surface area contributed by atoms with Gasteiger partial charge in [0, 0.05) is 16.6 Å². The largest absolute Gasteiger partial charge is 0.497 e. The molecule has 21 heavy (non-hydrogen) atoms. The fraction of sp³-hybridized carbons (Fsp3) is 0.143. The van der Waals surface area contributed by atoms with Gasteiger partial charge in [-0.3, -0.25) is 4.72 Å². The summed E-state index contributed by atoms with van der Waals surface area (Å²) in [7, 11) is -2.23. The van der Waals surface area contributed by atoms with Crippen molar-refractivity contribution in [3.63, 3.8) is 0 Å². The lowest BCUT2D eigenvalue weighted by atomic mass is 10.3. The Morgan fingerprint density at radius 2 is 1.81 bits per heavy atom. The Bertz CT molecular complexity index is 728. The summed E-state index contributed by atoms with van der Waals surface area (Å²) in [6.07, 6.45) is 1.96. The standard InChI is InChI=1S/C14H16N2O3S2/c1-19-11-5-8-14(13(15)9-11)21(17,18)16-10-3-6-12(20-2)7-4-10/h3-9,16H,15H2,1-2H3. The van der Waals surface area contributed by atoms with Crippen molar-refractivity contribution in [2.45, 2.75) is 9.79 Å². The minimum Gasteiger partial charge on any atom is -0.497 e. The smallest absolute Gasteiger partial charge is 0.263 e. The van der Waals surface area contributed by atoms with Crippen LogP contribution in [0.3, 0.4) is 0 Å². The van der Waals surface area contributed by atoms with E-state index in [1.54, 1.807) is 30.0 Å². The maximum atomic E-state index is 12.3. The summed E-state index contributed by atoms with van der Waals surface area (Å²) in [6, 6.07) is 11.6. The highest BCUT2D eigenvalue weighted by Gasteiger charge is 2.18. The molecule has 0 saturated heterocycles. The summed E-state index contributed by atoms with van der Waals surface area (Å²) < 4.78 is 32.2. The van der Waals surface area contributed by atoms with E-state index >= 15 is 0 Å². The third-order valence-electron chi connectivity index (χ3n) is 2.85. The highest BCUT2D eigenvalue weighted by Crippen LogP contribution is 2.26. The Morgan fingerprint density at radius 1 is 1.14 bits per heavy atom. The lowest BCUT2D eigenvalue weighted by Crippen LogP contribution is -2.14. The molecule has 7 heteroatoms. The van der Waals surface area contributed by atoms with Gasteiger partial charge in [-0.2, -0.15) is 0 Å². The number of nitrogens with one attached hydrogen (secondary N) is 1. The minimum absolute atomic E-state index is 0.0252. The molecule has 0 aliphatic heterocycles. The first-order valence-electron chi connectivity index (χ1n) is 6.06. The molecular formula is C14H16N2O3S2. The van der Waals surface area contributed by atoms with Gasteiger partial charge < -0.3 is 10.5 Å². The molecule has 2 aromatic carbocycles. The molecule has 0 radical (unpaired) electrons. The summed E-state index contributed by atoms with van der Waals surface area (Å²) in [5, 5.41) is 0. The molecule has 0 spiro atoms. The number of thioether (sulfide) groups is 1. The van der Waals surface area contributed by atoms with E-state index in [1.807, 2.05) is 18.4 Å². The molecule has 0 fully saturated rings. The van der Waals surface area contributed by atoms with E-state index in [0.29, 0.717) is 11.4 Å². The van der Waals surface area contributed by atoms with Gasteiger partial charge in [0.1, 0.15) is 10.6 Å². The Morgan fingerprint density at radius 3 is 2.33 bits per heavy atom. The molecule has 0 aromatic heterocycles. The summed E-state index contributed by atoms with van der Waals surface area (Å²) in [5.41, 5.74) is 6.41. The Labute approximate surface area is 128 Å². The van der Waals surface area contributed by atoms with Crippen LogP contribution in [-0.4, -0.2) is 21.8 Å². The van der Waals surface area contributed by atoms with E-state index < -0.39 is 10.0 Å². The van der Waals surface area contributed by atoms with Gasteiger partial charge >= 0.3 is 0 Å². The maximum Gasteiger partial charge on any atom is 0.263 e. The summed E-state index contributed by atoms with van der Waals surface area (Å²) in [5.74, 6) is 0.510. The molecule has 5 nitrogen and oxygen atoms in total. The molecule has 0 amide bonds. The number of hydrogen-bond donors (Lipinski definition) is 2. The van der Waals surface area contributed by atoms with Crippen LogP contribution in [0.5, 0.6) is 5.75 Å². The Balaban J connectivity index is 2.29. The third-order valence-corrected chi connectivity index (χ3v) is 5.05. The molecule has 2 aromatic rings. The molecule has 0 aliphatic rings. The van der Waals surface area contributed by atoms with Crippen LogP contribution < -0.4 is 15.2 Å². The highest BCUT2D eigenvalue weighted by atomic mass is 32.2. The van der Waals surface area contributed by atoms with Gasteiger partial charge in [0.2, 0.25) is 0 Å². The van der Waals surface area contributed by atoms with Crippen LogP contribution in [0.1, 0.15) is 0 Å². The van der Waals surface area contributed by atoms with E-state index in [0.717, 1.165) is 4.90 Å². The number of hydrogen-bond acceptors (Lipinski definition) is 5. The summed E-state index contributed by atoms with van der Waals surface area (Å²) in [4.78, 5) is 1.08. The van der Waals surface area contributed by atoms with Crippen LogP contribution in [0, 0.1) is 0 Å². The second-order valence-corrected chi connectivity index (χ2v) is 6.77. The van der Waals surface area contributed by atoms with Crippen molar-refractivity contribution in [3.05, 3.63) is 42.5 Å². The molecule has 2 rings (SSSR count). The number of nitrogens with two attached hydrogens (primary N) is 1. The molecular weight excluding hydrogens is 308 g/mol. The van der Waals surface area contributed by atoms with E-state index in [9.17, 15) is 8.42 Å². The third kappa shape index (κ3) is 3.62. The number of methoxy groups -OCH3 is 1. The predicted molar refractivity (Wildman–Crippen MR) is 86.4 cm³/mol. The first kappa shape index (κ1) is 15.5. The molecule has 0 aliphatic carbocycles. The first-order valence-corrected chi connectivity index (χ1v) is 8.77. The van der Waals surface area contributed by atoms with Crippen LogP contribution in [0.15, 0.2) is 52.3 Å². The lowest BCUT2D eigenvalue weighted by molar-refractivity contribution is 0.414. The van der Waals surface area contributed by atoms with Gasteiger partial charge in [-0.15, -0.1) is 11.8 Å². The zero-order valence-electron chi connectivity index (χ0n) is 11.7. The van der Waals surface area contributed by atoms with Crippen molar-refractivity contribution in [2.75, 3.05) is 23.8 Å². The summed E-state index contributed by atoms with van der Waals surface area (Å²) >= 11 is 1.59. The predicted octanol–water partition coefficient (Wildman–Crippen LogP) is 2.80. The van der Waals surface area contributed by atoms with Gasteiger partial charge in [0.15, 0.2) is 0 Å². The van der Waals surface area contributed by atoms with Crippen LogP contribution >= 0.6 is 11.8 Å². The van der Waals surface area contributed by atoms with E-state index in [4.69, 9.17) is 10.5 Å². The Kier molecular flexibility index (Phi) is 4.64. The van der Waals surface area contributed by atoms with E-state index in [1.165, 1.54) is 19.2 Å². The Hall–Kier alpha value is -1.86. The van der Waals surface area contributed by atoms with Gasteiger partial charge in [0.25, 0.3) is 10.0 Å². The molecule has 0 atom stereocenters. The number of nitrogen functional groups attached to an aromatic ring is 1. The van der Waals surface area contributed by atoms with Crippen molar-refractivity contribution in [1.29, 1.82) is 0 Å². The second-order valence-electron chi connectivity index (χ2n) is 4.24. The molecule has 0 heterocycles. The molecule has 0 saturated carbocycles. The summed E-state index contributed by atoms with van der Waals surface area (Å²) in [6.45, 7) is 0.